The third-order valence-electron chi connectivity index (χ3n) is 2.62. The normalized spacial score (nSPS) is 10.3. The molecule has 0 aliphatic carbocycles. The summed E-state index contributed by atoms with van der Waals surface area (Å²) < 4.78 is 0. The maximum Gasteiger partial charge on any atom is 0.234 e. The highest BCUT2D eigenvalue weighted by Crippen LogP contribution is 2.19. The Morgan fingerprint density at radius 1 is 1.20 bits per heavy atom. The van der Waals surface area contributed by atoms with Crippen LogP contribution in [0.25, 0.3) is 0 Å². The van der Waals surface area contributed by atoms with Gasteiger partial charge in [-0.3, -0.25) is 4.79 Å². The number of nitrogens with zero attached hydrogens (tertiary/aromatic N) is 1. The van der Waals surface area contributed by atoms with Gasteiger partial charge >= 0.3 is 0 Å². The van der Waals surface area contributed by atoms with E-state index < -0.39 is 0 Å². The Bertz CT molecular complexity index is 567. The average Bonchev–Trinajstić information content (AvgIpc) is 2.47. The Morgan fingerprint density at radius 2 is 1.95 bits per heavy atom. The number of anilines is 1. The molecule has 5 heteroatoms. The summed E-state index contributed by atoms with van der Waals surface area (Å²) in [4.78, 5) is 17.2. The van der Waals surface area contributed by atoms with Crippen molar-refractivity contribution in [1.29, 1.82) is 0 Å². The van der Waals surface area contributed by atoms with Crippen molar-refractivity contribution in [3.63, 3.8) is 0 Å². The van der Waals surface area contributed by atoms with Crippen LogP contribution >= 0.6 is 23.5 Å². The van der Waals surface area contributed by atoms with Crippen LogP contribution in [0.15, 0.2) is 52.5 Å². The fourth-order valence-corrected chi connectivity index (χ4v) is 2.62. The number of aryl methyl sites for hydroxylation is 1. The van der Waals surface area contributed by atoms with Crippen molar-refractivity contribution >= 4 is 35.1 Å². The van der Waals surface area contributed by atoms with Crippen LogP contribution in [0.5, 0.6) is 0 Å². The van der Waals surface area contributed by atoms with Crippen LogP contribution in [-0.4, -0.2) is 22.9 Å². The lowest BCUT2D eigenvalue weighted by atomic mass is 10.2. The quantitative estimate of drug-likeness (QED) is 0.852. The Labute approximate surface area is 127 Å². The lowest BCUT2D eigenvalue weighted by Gasteiger charge is -2.05. The molecule has 0 aliphatic heterocycles. The molecule has 0 spiro atoms. The van der Waals surface area contributed by atoms with Crippen molar-refractivity contribution < 1.29 is 4.79 Å². The minimum Gasteiger partial charge on any atom is -0.324 e. The van der Waals surface area contributed by atoms with E-state index in [1.807, 2.05) is 49.6 Å². The number of hydrogen-bond donors (Lipinski definition) is 1. The number of benzene rings is 1. The molecule has 20 heavy (non-hydrogen) atoms. The number of pyridine rings is 1. The molecule has 1 aromatic heterocycles. The Morgan fingerprint density at radius 3 is 2.55 bits per heavy atom. The molecule has 2 aromatic rings. The van der Waals surface area contributed by atoms with Crippen molar-refractivity contribution in [3.05, 3.63) is 48.2 Å². The van der Waals surface area contributed by atoms with Crippen molar-refractivity contribution in [3.8, 4) is 0 Å². The first-order valence-electron chi connectivity index (χ1n) is 6.17. The van der Waals surface area contributed by atoms with Gasteiger partial charge in [0.15, 0.2) is 0 Å². The minimum atomic E-state index is -0.0192. The summed E-state index contributed by atoms with van der Waals surface area (Å²) in [5.74, 6) is 0.377. The summed E-state index contributed by atoms with van der Waals surface area (Å²) in [6.45, 7) is 2.05. The zero-order chi connectivity index (χ0) is 14.4. The van der Waals surface area contributed by atoms with Crippen molar-refractivity contribution in [2.75, 3.05) is 17.3 Å². The van der Waals surface area contributed by atoms with Gasteiger partial charge in [0.05, 0.1) is 22.7 Å². The van der Waals surface area contributed by atoms with E-state index in [1.165, 1.54) is 17.3 Å². The zero-order valence-electron chi connectivity index (χ0n) is 11.4. The van der Waals surface area contributed by atoms with Crippen molar-refractivity contribution in [2.24, 2.45) is 0 Å². The third-order valence-corrected chi connectivity index (χ3v) is 4.29. The van der Waals surface area contributed by atoms with Crippen LogP contribution < -0.4 is 5.32 Å². The second-order valence-electron chi connectivity index (χ2n) is 4.24. The molecule has 0 radical (unpaired) electrons. The van der Waals surface area contributed by atoms with E-state index in [-0.39, 0.29) is 5.91 Å². The van der Waals surface area contributed by atoms with E-state index in [9.17, 15) is 4.79 Å². The number of rotatable bonds is 5. The standard InChI is InChI=1S/C15H16N2OS2/c1-11-3-6-13(7-4-11)20-10-14(18)17-12-5-8-15(19-2)16-9-12/h3-9H,10H2,1-2H3,(H,17,18). The molecule has 0 aliphatic rings. The summed E-state index contributed by atoms with van der Waals surface area (Å²) >= 11 is 3.10. The van der Waals surface area contributed by atoms with E-state index in [2.05, 4.69) is 10.3 Å². The third kappa shape index (κ3) is 4.58. The van der Waals surface area contributed by atoms with Gasteiger partial charge in [-0.25, -0.2) is 4.98 Å². The van der Waals surface area contributed by atoms with E-state index >= 15 is 0 Å². The Kier molecular flexibility index (Phi) is 5.49. The maximum atomic E-state index is 11.8. The second kappa shape index (κ2) is 7.36. The maximum absolute atomic E-state index is 11.8. The van der Waals surface area contributed by atoms with Crippen LogP contribution in [0.2, 0.25) is 0 Å². The Hall–Kier alpha value is -1.46. The molecule has 3 nitrogen and oxygen atoms in total. The molecule has 0 atom stereocenters. The molecular weight excluding hydrogens is 288 g/mol. The molecule has 1 aromatic carbocycles. The average molecular weight is 304 g/mol. The summed E-state index contributed by atoms with van der Waals surface area (Å²) in [6.07, 6.45) is 3.65. The highest BCUT2D eigenvalue weighted by molar-refractivity contribution is 8.00. The van der Waals surface area contributed by atoms with Gasteiger partial charge in [-0.05, 0) is 37.4 Å². The van der Waals surface area contributed by atoms with Gasteiger partial charge in [-0.1, -0.05) is 17.7 Å². The lowest BCUT2D eigenvalue weighted by Crippen LogP contribution is -2.14. The van der Waals surface area contributed by atoms with Gasteiger partial charge in [0.25, 0.3) is 0 Å². The van der Waals surface area contributed by atoms with Crippen molar-refractivity contribution in [2.45, 2.75) is 16.8 Å². The van der Waals surface area contributed by atoms with Gasteiger partial charge in [0, 0.05) is 4.90 Å². The number of carbonyl (C=O) groups is 1. The van der Waals surface area contributed by atoms with Crippen LogP contribution in [0, 0.1) is 6.92 Å². The highest BCUT2D eigenvalue weighted by atomic mass is 32.2. The molecule has 1 heterocycles. The number of nitrogens with one attached hydrogen (secondary N) is 1. The first kappa shape index (κ1) is 14.9. The smallest absolute Gasteiger partial charge is 0.234 e. The highest BCUT2D eigenvalue weighted by Gasteiger charge is 2.04. The molecule has 0 unspecified atom stereocenters. The van der Waals surface area contributed by atoms with Crippen LogP contribution in [0.4, 0.5) is 5.69 Å². The van der Waals surface area contributed by atoms with Gasteiger partial charge in [-0.2, -0.15) is 0 Å². The molecule has 104 valence electrons. The number of thioether (sulfide) groups is 2. The summed E-state index contributed by atoms with van der Waals surface area (Å²) in [5, 5.41) is 3.79. The number of carbonyl (C=O) groups excluding carboxylic acids is 1. The number of aromatic nitrogens is 1. The fourth-order valence-electron chi connectivity index (χ4n) is 1.56. The number of amides is 1. The predicted molar refractivity (Wildman–Crippen MR) is 86.6 cm³/mol. The van der Waals surface area contributed by atoms with Crippen LogP contribution in [0.3, 0.4) is 0 Å². The molecule has 1 N–H and O–H groups in total. The zero-order valence-corrected chi connectivity index (χ0v) is 13.1. The van der Waals surface area contributed by atoms with Crippen molar-refractivity contribution in [1.82, 2.24) is 4.98 Å². The lowest BCUT2D eigenvalue weighted by molar-refractivity contribution is -0.113. The van der Waals surface area contributed by atoms with Crippen LogP contribution in [0.1, 0.15) is 5.56 Å². The monoisotopic (exact) mass is 304 g/mol. The molecule has 0 fully saturated rings. The van der Waals surface area contributed by atoms with E-state index in [0.717, 1.165) is 15.6 Å². The SMILES string of the molecule is CSc1ccc(NC(=O)CSc2ccc(C)cc2)cn1. The summed E-state index contributed by atoms with van der Waals surface area (Å²) in [6, 6.07) is 11.9. The van der Waals surface area contributed by atoms with Gasteiger partial charge < -0.3 is 5.32 Å². The first-order valence-corrected chi connectivity index (χ1v) is 8.38. The summed E-state index contributed by atoms with van der Waals surface area (Å²) in [7, 11) is 0. The van der Waals surface area contributed by atoms with E-state index in [0.29, 0.717) is 5.75 Å². The predicted octanol–water partition coefficient (Wildman–Crippen LogP) is 3.84. The molecule has 1 amide bonds. The number of hydrogen-bond acceptors (Lipinski definition) is 4. The van der Waals surface area contributed by atoms with Crippen LogP contribution in [-0.2, 0) is 4.79 Å². The Balaban J connectivity index is 1.84. The molecule has 0 saturated heterocycles. The van der Waals surface area contributed by atoms with E-state index in [4.69, 9.17) is 0 Å². The second-order valence-corrected chi connectivity index (χ2v) is 6.11. The molecular formula is C15H16N2OS2. The minimum absolute atomic E-state index is 0.0192. The summed E-state index contributed by atoms with van der Waals surface area (Å²) in [5.41, 5.74) is 1.95. The fraction of sp³-hybridized carbons (Fsp3) is 0.200. The molecule has 0 saturated carbocycles. The van der Waals surface area contributed by atoms with Gasteiger partial charge in [-0.15, -0.1) is 23.5 Å². The molecule has 0 bridgehead atoms. The first-order chi connectivity index (χ1) is 9.67. The van der Waals surface area contributed by atoms with E-state index in [1.54, 1.807) is 18.0 Å². The largest absolute Gasteiger partial charge is 0.324 e. The topological polar surface area (TPSA) is 42.0 Å². The van der Waals surface area contributed by atoms with Gasteiger partial charge in [0.2, 0.25) is 5.91 Å². The molecule has 2 rings (SSSR count). The van der Waals surface area contributed by atoms with Gasteiger partial charge in [0.1, 0.15) is 0 Å².